The average Bonchev–Trinajstić information content (AvgIpc) is 2.99. The Morgan fingerprint density at radius 3 is 2.50 bits per heavy atom. The van der Waals surface area contributed by atoms with Gasteiger partial charge in [0.05, 0.1) is 4.47 Å². The van der Waals surface area contributed by atoms with Gasteiger partial charge in [-0.2, -0.15) is 0 Å². The molecule has 7 heteroatoms. The van der Waals surface area contributed by atoms with Crippen LogP contribution in [-0.2, 0) is 6.61 Å². The molecule has 0 spiro atoms. The molecular formula is C17H13Br2N3O2. The summed E-state index contributed by atoms with van der Waals surface area (Å²) in [6.07, 6.45) is 3.56. The second-order valence-corrected chi connectivity index (χ2v) is 6.69. The van der Waals surface area contributed by atoms with Crippen molar-refractivity contribution in [3.05, 3.63) is 68.4 Å². The number of hydrogen-bond acceptors (Lipinski definition) is 5. The highest BCUT2D eigenvalue weighted by atomic mass is 79.9. The molecule has 0 amide bonds. The lowest BCUT2D eigenvalue weighted by molar-refractivity contribution is 0.304. The maximum absolute atomic E-state index is 5.84. The van der Waals surface area contributed by atoms with E-state index in [1.807, 2.05) is 48.5 Å². The third-order valence-electron chi connectivity index (χ3n) is 3.14. The van der Waals surface area contributed by atoms with E-state index in [0.29, 0.717) is 12.5 Å². The van der Waals surface area contributed by atoms with Crippen molar-refractivity contribution < 1.29 is 9.15 Å². The van der Waals surface area contributed by atoms with Crippen LogP contribution in [0.2, 0.25) is 0 Å². The quantitative estimate of drug-likeness (QED) is 0.596. The normalized spacial score (nSPS) is 11.1. The number of nitrogens with zero attached hydrogens (tertiary/aromatic N) is 2. The molecule has 0 saturated heterocycles. The van der Waals surface area contributed by atoms with Crippen LogP contribution in [0, 0.1) is 0 Å². The molecule has 0 aliphatic rings. The van der Waals surface area contributed by atoms with Crippen LogP contribution >= 0.6 is 31.9 Å². The molecule has 1 heterocycles. The van der Waals surface area contributed by atoms with E-state index in [1.54, 1.807) is 6.08 Å². The zero-order valence-electron chi connectivity index (χ0n) is 12.4. The van der Waals surface area contributed by atoms with Gasteiger partial charge in [-0.05, 0) is 57.4 Å². The van der Waals surface area contributed by atoms with E-state index >= 15 is 0 Å². The van der Waals surface area contributed by atoms with Crippen molar-refractivity contribution in [1.82, 2.24) is 10.2 Å². The number of rotatable bonds is 5. The van der Waals surface area contributed by atoms with E-state index in [0.717, 1.165) is 25.8 Å². The summed E-state index contributed by atoms with van der Waals surface area (Å²) in [5, 5.41) is 7.37. The van der Waals surface area contributed by atoms with E-state index < -0.39 is 0 Å². The molecule has 2 N–H and O–H groups in total. The number of nitrogens with two attached hydrogens (primary N) is 1. The van der Waals surface area contributed by atoms with Crippen molar-refractivity contribution in [2.45, 2.75) is 6.61 Å². The standard InChI is InChI=1S/C17H13Br2N3O2/c18-13-5-1-12(2-6-13)10-23-15-7-3-11(9-14(15)19)4-8-16-21-22-17(20)24-16/h1-9H,10H2,(H2,20,22)/b8-4+. The third kappa shape index (κ3) is 4.46. The molecule has 3 aromatic rings. The fraction of sp³-hybridized carbons (Fsp3) is 0.0588. The maximum Gasteiger partial charge on any atom is 0.313 e. The Kier molecular flexibility index (Phi) is 5.32. The van der Waals surface area contributed by atoms with Gasteiger partial charge in [0.1, 0.15) is 12.4 Å². The van der Waals surface area contributed by atoms with Crippen molar-refractivity contribution in [3.63, 3.8) is 0 Å². The van der Waals surface area contributed by atoms with Gasteiger partial charge in [-0.15, -0.1) is 5.10 Å². The fourth-order valence-electron chi connectivity index (χ4n) is 1.96. The zero-order chi connectivity index (χ0) is 16.9. The predicted octanol–water partition coefficient (Wildman–Crippen LogP) is 4.93. The Bertz CT molecular complexity index is 861. The summed E-state index contributed by atoms with van der Waals surface area (Å²) in [4.78, 5) is 0. The van der Waals surface area contributed by atoms with Crippen LogP contribution in [0.1, 0.15) is 17.0 Å². The first kappa shape index (κ1) is 16.7. The number of halogens is 2. The Hall–Kier alpha value is -2.12. The Labute approximate surface area is 155 Å². The minimum Gasteiger partial charge on any atom is -0.488 e. The van der Waals surface area contributed by atoms with Crippen molar-refractivity contribution in [2.24, 2.45) is 0 Å². The lowest BCUT2D eigenvalue weighted by Gasteiger charge is -2.09. The van der Waals surface area contributed by atoms with Gasteiger partial charge in [-0.1, -0.05) is 39.2 Å². The van der Waals surface area contributed by atoms with E-state index in [9.17, 15) is 0 Å². The summed E-state index contributed by atoms with van der Waals surface area (Å²) in [7, 11) is 0. The molecule has 0 aliphatic carbocycles. The van der Waals surface area contributed by atoms with Gasteiger partial charge in [-0.25, -0.2) is 0 Å². The van der Waals surface area contributed by atoms with Crippen molar-refractivity contribution >= 4 is 50.0 Å². The number of hydrogen-bond donors (Lipinski definition) is 1. The average molecular weight is 451 g/mol. The smallest absolute Gasteiger partial charge is 0.313 e. The molecule has 0 fully saturated rings. The molecule has 122 valence electrons. The molecule has 3 rings (SSSR count). The third-order valence-corrected chi connectivity index (χ3v) is 4.29. The second-order valence-electron chi connectivity index (χ2n) is 4.92. The molecular weight excluding hydrogens is 438 g/mol. The van der Waals surface area contributed by atoms with Gasteiger partial charge >= 0.3 is 6.01 Å². The Morgan fingerprint density at radius 1 is 1.04 bits per heavy atom. The first-order valence-electron chi connectivity index (χ1n) is 7.04. The molecule has 0 radical (unpaired) electrons. The summed E-state index contributed by atoms with van der Waals surface area (Å²) in [6, 6.07) is 13.9. The van der Waals surface area contributed by atoms with Gasteiger partial charge in [-0.3, -0.25) is 0 Å². The largest absolute Gasteiger partial charge is 0.488 e. The highest BCUT2D eigenvalue weighted by Gasteiger charge is 2.03. The molecule has 24 heavy (non-hydrogen) atoms. The first-order chi connectivity index (χ1) is 11.6. The van der Waals surface area contributed by atoms with E-state index in [4.69, 9.17) is 14.9 Å². The SMILES string of the molecule is Nc1nnc(/C=C/c2ccc(OCc3ccc(Br)cc3)c(Br)c2)o1. The van der Waals surface area contributed by atoms with Gasteiger partial charge in [0, 0.05) is 10.5 Å². The second kappa shape index (κ2) is 7.63. The lowest BCUT2D eigenvalue weighted by Crippen LogP contribution is -1.96. The Balaban J connectivity index is 1.65. The number of anilines is 1. The van der Waals surface area contributed by atoms with Gasteiger partial charge < -0.3 is 14.9 Å². The number of nitrogen functional groups attached to an aromatic ring is 1. The molecule has 2 aromatic carbocycles. The minimum atomic E-state index is 0.0486. The number of aromatic nitrogens is 2. The van der Waals surface area contributed by atoms with Crippen LogP contribution in [0.5, 0.6) is 5.75 Å². The highest BCUT2D eigenvalue weighted by Crippen LogP contribution is 2.27. The lowest BCUT2D eigenvalue weighted by atomic mass is 10.2. The topological polar surface area (TPSA) is 74.2 Å². The molecule has 1 aromatic heterocycles. The molecule has 0 aliphatic heterocycles. The van der Waals surface area contributed by atoms with Crippen molar-refractivity contribution in [3.8, 4) is 5.75 Å². The monoisotopic (exact) mass is 449 g/mol. The summed E-state index contributed by atoms with van der Waals surface area (Å²) in [6.45, 7) is 0.502. The van der Waals surface area contributed by atoms with Crippen LogP contribution in [-0.4, -0.2) is 10.2 Å². The number of ether oxygens (including phenoxy) is 1. The van der Waals surface area contributed by atoms with E-state index in [2.05, 4.69) is 42.1 Å². The van der Waals surface area contributed by atoms with Crippen molar-refractivity contribution in [2.75, 3.05) is 5.73 Å². The maximum atomic E-state index is 5.84. The fourth-order valence-corrected chi connectivity index (χ4v) is 2.74. The minimum absolute atomic E-state index is 0.0486. The van der Waals surface area contributed by atoms with Crippen LogP contribution in [0.3, 0.4) is 0 Å². The van der Waals surface area contributed by atoms with Crippen molar-refractivity contribution in [1.29, 1.82) is 0 Å². The first-order valence-corrected chi connectivity index (χ1v) is 8.62. The molecule has 0 atom stereocenters. The zero-order valence-corrected chi connectivity index (χ0v) is 15.6. The Morgan fingerprint density at radius 2 is 1.83 bits per heavy atom. The molecule has 0 saturated carbocycles. The van der Waals surface area contributed by atoms with Gasteiger partial charge in [0.2, 0.25) is 5.89 Å². The highest BCUT2D eigenvalue weighted by molar-refractivity contribution is 9.10. The van der Waals surface area contributed by atoms with Crippen LogP contribution in [0.15, 0.2) is 55.8 Å². The molecule has 0 unspecified atom stereocenters. The van der Waals surface area contributed by atoms with E-state index in [-0.39, 0.29) is 6.01 Å². The van der Waals surface area contributed by atoms with Gasteiger partial charge in [0.15, 0.2) is 0 Å². The summed E-state index contributed by atoms with van der Waals surface area (Å²) >= 11 is 6.94. The summed E-state index contributed by atoms with van der Waals surface area (Å²) in [5.74, 6) is 1.14. The number of benzene rings is 2. The predicted molar refractivity (Wildman–Crippen MR) is 100 cm³/mol. The van der Waals surface area contributed by atoms with Crippen LogP contribution < -0.4 is 10.5 Å². The van der Waals surface area contributed by atoms with Crippen LogP contribution in [0.4, 0.5) is 6.01 Å². The summed E-state index contributed by atoms with van der Waals surface area (Å²) in [5.41, 5.74) is 7.45. The molecule has 5 nitrogen and oxygen atoms in total. The van der Waals surface area contributed by atoms with Crippen LogP contribution in [0.25, 0.3) is 12.2 Å². The van der Waals surface area contributed by atoms with E-state index in [1.165, 1.54) is 0 Å². The molecule has 0 bridgehead atoms. The van der Waals surface area contributed by atoms with Gasteiger partial charge in [0.25, 0.3) is 0 Å². The summed E-state index contributed by atoms with van der Waals surface area (Å²) < 4.78 is 12.8.